The minimum atomic E-state index is -3.58. The standard InChI is InChI=1S/C7H6N2O2S3/c8-14(10,11)6-3-5(4-13-6)7-9-1-2-12-7/h1-4H,(H2,8,10,11). The molecule has 0 radical (unpaired) electrons. The van der Waals surface area contributed by atoms with Crippen molar-refractivity contribution in [1.29, 1.82) is 0 Å². The lowest BCUT2D eigenvalue weighted by atomic mass is 10.4. The van der Waals surface area contributed by atoms with Crippen LogP contribution in [0.25, 0.3) is 10.6 Å². The fourth-order valence-electron chi connectivity index (χ4n) is 0.944. The van der Waals surface area contributed by atoms with Crippen LogP contribution in [0.4, 0.5) is 0 Å². The Morgan fingerprint density at radius 2 is 2.14 bits per heavy atom. The molecule has 0 fully saturated rings. The quantitative estimate of drug-likeness (QED) is 0.873. The Morgan fingerprint density at radius 3 is 2.64 bits per heavy atom. The Labute approximate surface area is 89.1 Å². The summed E-state index contributed by atoms with van der Waals surface area (Å²) in [7, 11) is -3.58. The summed E-state index contributed by atoms with van der Waals surface area (Å²) in [6, 6.07) is 1.54. The maximum Gasteiger partial charge on any atom is 0.247 e. The van der Waals surface area contributed by atoms with Crippen LogP contribution in [0.15, 0.2) is 27.2 Å². The van der Waals surface area contributed by atoms with E-state index in [-0.39, 0.29) is 4.21 Å². The second-order valence-electron chi connectivity index (χ2n) is 2.54. The van der Waals surface area contributed by atoms with Crippen molar-refractivity contribution < 1.29 is 8.42 Å². The van der Waals surface area contributed by atoms with Crippen molar-refractivity contribution in [2.45, 2.75) is 4.21 Å². The van der Waals surface area contributed by atoms with Crippen LogP contribution in [0.2, 0.25) is 0 Å². The first-order valence-corrected chi connectivity index (χ1v) is 6.89. The van der Waals surface area contributed by atoms with Crippen molar-refractivity contribution in [3.8, 4) is 10.6 Å². The molecular weight excluding hydrogens is 240 g/mol. The van der Waals surface area contributed by atoms with E-state index in [2.05, 4.69) is 4.98 Å². The van der Waals surface area contributed by atoms with Crippen LogP contribution in [0.3, 0.4) is 0 Å². The van der Waals surface area contributed by atoms with E-state index in [9.17, 15) is 8.42 Å². The number of hydrogen-bond donors (Lipinski definition) is 1. The number of thiazole rings is 1. The largest absolute Gasteiger partial charge is 0.247 e. The minimum Gasteiger partial charge on any atom is -0.245 e. The molecule has 2 N–H and O–H groups in total. The van der Waals surface area contributed by atoms with E-state index in [0.717, 1.165) is 21.9 Å². The molecule has 7 heteroatoms. The van der Waals surface area contributed by atoms with Gasteiger partial charge in [-0.3, -0.25) is 0 Å². The molecule has 14 heavy (non-hydrogen) atoms. The van der Waals surface area contributed by atoms with Gasteiger partial charge in [-0.1, -0.05) is 0 Å². The first-order valence-electron chi connectivity index (χ1n) is 3.58. The summed E-state index contributed by atoms with van der Waals surface area (Å²) < 4.78 is 22.1. The Balaban J connectivity index is 2.46. The molecule has 0 unspecified atom stereocenters. The van der Waals surface area contributed by atoms with Crippen LogP contribution >= 0.6 is 22.7 Å². The van der Waals surface area contributed by atoms with Gasteiger partial charge in [0, 0.05) is 22.5 Å². The summed E-state index contributed by atoms with van der Waals surface area (Å²) in [5, 5.41) is 9.36. The van der Waals surface area contributed by atoms with Gasteiger partial charge in [0.15, 0.2) is 0 Å². The molecule has 74 valence electrons. The van der Waals surface area contributed by atoms with Crippen molar-refractivity contribution >= 4 is 32.7 Å². The molecule has 0 aliphatic carbocycles. The summed E-state index contributed by atoms with van der Waals surface area (Å²) in [5.41, 5.74) is 0.800. The first kappa shape index (κ1) is 9.78. The molecule has 0 saturated carbocycles. The number of nitrogens with zero attached hydrogens (tertiary/aromatic N) is 1. The van der Waals surface area contributed by atoms with Crippen LogP contribution in [0.5, 0.6) is 0 Å². The van der Waals surface area contributed by atoms with Gasteiger partial charge >= 0.3 is 0 Å². The summed E-state index contributed by atoms with van der Waals surface area (Å²) in [5.74, 6) is 0. The molecule has 2 aromatic rings. The molecule has 2 aromatic heterocycles. The van der Waals surface area contributed by atoms with Crippen LogP contribution in [-0.4, -0.2) is 13.4 Å². The molecule has 0 bridgehead atoms. The Kier molecular flexibility index (Phi) is 2.40. The van der Waals surface area contributed by atoms with Crippen molar-refractivity contribution in [1.82, 2.24) is 4.98 Å². The average Bonchev–Trinajstić information content (AvgIpc) is 2.73. The molecule has 0 aromatic carbocycles. The third-order valence-corrected chi connectivity index (χ3v) is 4.74. The second-order valence-corrected chi connectivity index (χ2v) is 6.13. The first-order chi connectivity index (χ1) is 6.57. The third kappa shape index (κ3) is 1.85. The molecule has 2 heterocycles. The van der Waals surface area contributed by atoms with Gasteiger partial charge in [0.2, 0.25) is 10.0 Å². The summed E-state index contributed by atoms with van der Waals surface area (Å²) in [6.07, 6.45) is 1.67. The van der Waals surface area contributed by atoms with Gasteiger partial charge in [0.05, 0.1) is 0 Å². The highest BCUT2D eigenvalue weighted by Crippen LogP contribution is 2.28. The number of nitrogens with two attached hydrogens (primary N) is 1. The molecule has 0 aliphatic rings. The smallest absolute Gasteiger partial charge is 0.245 e. The van der Waals surface area contributed by atoms with Crippen molar-refractivity contribution in [3.05, 3.63) is 23.0 Å². The van der Waals surface area contributed by atoms with E-state index in [1.54, 1.807) is 17.6 Å². The van der Waals surface area contributed by atoms with Crippen LogP contribution in [-0.2, 0) is 10.0 Å². The Hall–Kier alpha value is -0.760. The number of thiophene rings is 1. The maximum absolute atomic E-state index is 11.0. The third-order valence-electron chi connectivity index (χ3n) is 1.54. The lowest BCUT2D eigenvalue weighted by molar-refractivity contribution is 0.600. The lowest BCUT2D eigenvalue weighted by Gasteiger charge is -1.88. The SMILES string of the molecule is NS(=O)(=O)c1cc(-c2nccs2)cs1. The Bertz CT molecular complexity index is 527. The monoisotopic (exact) mass is 246 g/mol. The topological polar surface area (TPSA) is 73.1 Å². The molecule has 2 rings (SSSR count). The zero-order valence-corrected chi connectivity index (χ0v) is 9.32. The van der Waals surface area contributed by atoms with Gasteiger partial charge in [-0.2, -0.15) is 0 Å². The fraction of sp³-hybridized carbons (Fsp3) is 0. The van der Waals surface area contributed by atoms with Crippen molar-refractivity contribution in [2.75, 3.05) is 0 Å². The highest BCUT2D eigenvalue weighted by molar-refractivity contribution is 7.91. The molecule has 0 amide bonds. The highest BCUT2D eigenvalue weighted by atomic mass is 32.2. The van der Waals surface area contributed by atoms with E-state index >= 15 is 0 Å². The van der Waals surface area contributed by atoms with Gasteiger partial charge in [0.1, 0.15) is 9.22 Å². The van der Waals surface area contributed by atoms with Crippen molar-refractivity contribution in [3.63, 3.8) is 0 Å². The number of aromatic nitrogens is 1. The van der Waals surface area contributed by atoms with Gasteiger partial charge in [0.25, 0.3) is 0 Å². The number of rotatable bonds is 2. The molecule has 0 aliphatic heterocycles. The van der Waals surface area contributed by atoms with E-state index < -0.39 is 10.0 Å². The summed E-state index contributed by atoms with van der Waals surface area (Å²) >= 11 is 2.57. The van der Waals surface area contributed by atoms with E-state index in [4.69, 9.17) is 5.14 Å². The molecule has 4 nitrogen and oxygen atoms in total. The van der Waals surface area contributed by atoms with Crippen LogP contribution in [0, 0.1) is 0 Å². The molecular formula is C7H6N2O2S3. The van der Waals surface area contributed by atoms with E-state index in [0.29, 0.717) is 0 Å². The van der Waals surface area contributed by atoms with Crippen LogP contribution in [0.1, 0.15) is 0 Å². The molecule has 0 spiro atoms. The van der Waals surface area contributed by atoms with Gasteiger partial charge in [-0.15, -0.1) is 22.7 Å². The zero-order chi connectivity index (χ0) is 10.2. The summed E-state index contributed by atoms with van der Waals surface area (Å²) in [6.45, 7) is 0. The van der Waals surface area contributed by atoms with Gasteiger partial charge in [-0.25, -0.2) is 18.5 Å². The van der Waals surface area contributed by atoms with E-state index in [1.807, 2.05) is 5.38 Å². The van der Waals surface area contributed by atoms with Gasteiger partial charge in [-0.05, 0) is 6.07 Å². The fourth-order valence-corrected chi connectivity index (χ4v) is 3.23. The van der Waals surface area contributed by atoms with Crippen LogP contribution < -0.4 is 5.14 Å². The highest BCUT2D eigenvalue weighted by Gasteiger charge is 2.12. The Morgan fingerprint density at radius 1 is 1.36 bits per heavy atom. The normalized spacial score (nSPS) is 11.8. The predicted molar refractivity (Wildman–Crippen MR) is 56.8 cm³/mol. The molecule has 0 saturated heterocycles. The maximum atomic E-state index is 11.0. The number of sulfonamides is 1. The summed E-state index contributed by atoms with van der Waals surface area (Å²) in [4.78, 5) is 4.07. The lowest BCUT2D eigenvalue weighted by Crippen LogP contribution is -2.09. The van der Waals surface area contributed by atoms with E-state index in [1.165, 1.54) is 11.3 Å². The van der Waals surface area contributed by atoms with Gasteiger partial charge < -0.3 is 0 Å². The minimum absolute atomic E-state index is 0.169. The predicted octanol–water partition coefficient (Wildman–Crippen LogP) is 1.52. The molecule has 0 atom stereocenters. The zero-order valence-electron chi connectivity index (χ0n) is 6.88. The number of hydrogen-bond acceptors (Lipinski definition) is 5. The van der Waals surface area contributed by atoms with Crippen molar-refractivity contribution in [2.24, 2.45) is 5.14 Å². The number of primary sulfonamides is 1. The average molecular weight is 246 g/mol. The second kappa shape index (κ2) is 3.43.